The summed E-state index contributed by atoms with van der Waals surface area (Å²) in [5, 5.41) is 11.1. The Hall–Kier alpha value is -3.24. The monoisotopic (exact) mass is 404 g/mol. The molecule has 0 heterocycles. The van der Waals surface area contributed by atoms with E-state index in [4.69, 9.17) is 0 Å². The lowest BCUT2D eigenvalue weighted by Crippen LogP contribution is -2.38. The van der Waals surface area contributed by atoms with Crippen LogP contribution >= 0.6 is 0 Å². The molecule has 1 amide bonds. The molecule has 0 saturated carbocycles. The molecule has 0 spiro atoms. The third-order valence-corrected chi connectivity index (χ3v) is 3.54. The summed E-state index contributed by atoms with van der Waals surface area (Å²) in [5.41, 5.74) is -1.14. The third-order valence-electron chi connectivity index (χ3n) is 3.54. The Morgan fingerprint density at radius 1 is 1.11 bits per heavy atom. The molecule has 0 aliphatic heterocycles. The van der Waals surface area contributed by atoms with Gasteiger partial charge in [-0.1, -0.05) is 30.3 Å². The predicted molar refractivity (Wildman–Crippen MR) is 87.0 cm³/mol. The standard InChI is InChI=1S/C17H13F5N2O4/c18-16(19)28-14-8-4-2-6-12(14)15(25)23(10-17(20,21)22)9-11-5-1-3-7-13(11)24(26)27/h1-8,16H,9-10H2. The lowest BCUT2D eigenvalue weighted by molar-refractivity contribution is -0.385. The number of hydrogen-bond donors (Lipinski definition) is 0. The summed E-state index contributed by atoms with van der Waals surface area (Å²) in [6.07, 6.45) is -4.82. The quantitative estimate of drug-likeness (QED) is 0.390. The molecule has 0 aliphatic rings. The maximum atomic E-state index is 13.0. The van der Waals surface area contributed by atoms with Crippen molar-refractivity contribution in [2.75, 3.05) is 6.54 Å². The van der Waals surface area contributed by atoms with Crippen molar-refractivity contribution in [1.29, 1.82) is 0 Å². The van der Waals surface area contributed by atoms with Crippen LogP contribution in [-0.2, 0) is 6.54 Å². The van der Waals surface area contributed by atoms with E-state index in [1.807, 2.05) is 0 Å². The lowest BCUT2D eigenvalue weighted by Gasteiger charge is -2.25. The number of ether oxygens (including phenoxy) is 1. The third kappa shape index (κ3) is 5.63. The molecular formula is C17H13F5N2O4. The van der Waals surface area contributed by atoms with E-state index in [1.165, 1.54) is 30.3 Å². The smallest absolute Gasteiger partial charge is 0.406 e. The van der Waals surface area contributed by atoms with E-state index in [-0.39, 0.29) is 10.5 Å². The first-order valence-corrected chi connectivity index (χ1v) is 7.70. The number of para-hydroxylation sites is 2. The molecule has 6 nitrogen and oxygen atoms in total. The van der Waals surface area contributed by atoms with Crippen LogP contribution in [-0.4, -0.2) is 35.1 Å². The molecule has 0 saturated heterocycles. The minimum absolute atomic E-state index is 0.141. The van der Waals surface area contributed by atoms with Crippen molar-refractivity contribution in [3.8, 4) is 5.75 Å². The van der Waals surface area contributed by atoms with E-state index in [1.54, 1.807) is 0 Å². The summed E-state index contributed by atoms with van der Waals surface area (Å²) < 4.78 is 68.2. The maximum Gasteiger partial charge on any atom is 0.406 e. The van der Waals surface area contributed by atoms with E-state index in [0.717, 1.165) is 18.2 Å². The highest BCUT2D eigenvalue weighted by atomic mass is 19.4. The van der Waals surface area contributed by atoms with Crippen LogP contribution < -0.4 is 4.74 Å². The van der Waals surface area contributed by atoms with Crippen LogP contribution in [0.1, 0.15) is 15.9 Å². The summed E-state index contributed by atoms with van der Waals surface area (Å²) in [6.45, 7) is -5.78. The number of nitro benzene ring substituents is 1. The molecule has 28 heavy (non-hydrogen) atoms. The summed E-state index contributed by atoms with van der Waals surface area (Å²) in [6, 6.07) is 9.55. The normalized spacial score (nSPS) is 11.4. The van der Waals surface area contributed by atoms with Crippen LogP contribution in [0.3, 0.4) is 0 Å². The largest absolute Gasteiger partial charge is 0.434 e. The molecule has 0 fully saturated rings. The Morgan fingerprint density at radius 3 is 2.32 bits per heavy atom. The molecule has 11 heteroatoms. The Labute approximate surface area is 155 Å². The number of rotatable bonds is 7. The second-order valence-electron chi connectivity index (χ2n) is 5.54. The van der Waals surface area contributed by atoms with Crippen LogP contribution in [0.4, 0.5) is 27.6 Å². The number of amides is 1. The maximum absolute atomic E-state index is 13.0. The number of nitrogens with zero attached hydrogens (tertiary/aromatic N) is 2. The highest BCUT2D eigenvalue weighted by Gasteiger charge is 2.35. The van der Waals surface area contributed by atoms with E-state index < -0.39 is 53.7 Å². The molecule has 0 radical (unpaired) electrons. The van der Waals surface area contributed by atoms with Gasteiger partial charge in [-0.3, -0.25) is 14.9 Å². The van der Waals surface area contributed by atoms with E-state index >= 15 is 0 Å². The molecule has 0 N–H and O–H groups in total. The number of benzene rings is 2. The summed E-state index contributed by atoms with van der Waals surface area (Å²) >= 11 is 0. The van der Waals surface area contributed by atoms with Gasteiger partial charge in [-0.15, -0.1) is 0 Å². The first-order valence-electron chi connectivity index (χ1n) is 7.70. The molecule has 2 rings (SSSR count). The number of carbonyl (C=O) groups excluding carboxylic acids is 1. The molecule has 150 valence electrons. The molecule has 2 aromatic carbocycles. The molecule has 0 unspecified atom stereocenters. The fourth-order valence-corrected chi connectivity index (χ4v) is 2.46. The van der Waals surface area contributed by atoms with Crippen molar-refractivity contribution in [3.63, 3.8) is 0 Å². The highest BCUT2D eigenvalue weighted by Crippen LogP contribution is 2.27. The number of halogens is 5. The van der Waals surface area contributed by atoms with Crippen LogP contribution in [0.5, 0.6) is 5.75 Å². The fourth-order valence-electron chi connectivity index (χ4n) is 2.46. The second kappa shape index (κ2) is 8.63. The number of carbonyl (C=O) groups is 1. The summed E-state index contributed by atoms with van der Waals surface area (Å²) in [4.78, 5) is 23.2. The zero-order valence-corrected chi connectivity index (χ0v) is 14.0. The highest BCUT2D eigenvalue weighted by molar-refractivity contribution is 5.97. The van der Waals surface area contributed by atoms with Gasteiger partial charge in [0.2, 0.25) is 0 Å². The van der Waals surface area contributed by atoms with Crippen molar-refractivity contribution in [2.24, 2.45) is 0 Å². The number of alkyl halides is 5. The second-order valence-corrected chi connectivity index (χ2v) is 5.54. The van der Waals surface area contributed by atoms with Gasteiger partial charge in [-0.25, -0.2) is 0 Å². The SMILES string of the molecule is O=C(c1ccccc1OC(F)F)N(Cc1ccccc1[N+](=O)[O-])CC(F)(F)F. The van der Waals surface area contributed by atoms with E-state index in [9.17, 15) is 36.9 Å². The Morgan fingerprint density at radius 2 is 1.71 bits per heavy atom. The van der Waals surface area contributed by atoms with Crippen molar-refractivity contribution in [3.05, 3.63) is 69.8 Å². The summed E-state index contributed by atoms with van der Waals surface area (Å²) in [7, 11) is 0. The van der Waals surface area contributed by atoms with Crippen LogP contribution in [0.15, 0.2) is 48.5 Å². The van der Waals surface area contributed by atoms with Gasteiger partial charge in [0.15, 0.2) is 0 Å². The lowest BCUT2D eigenvalue weighted by atomic mass is 10.1. The average molecular weight is 404 g/mol. The van der Waals surface area contributed by atoms with Crippen molar-refractivity contribution < 1.29 is 36.4 Å². The summed E-state index contributed by atoms with van der Waals surface area (Å²) in [5.74, 6) is -1.86. The van der Waals surface area contributed by atoms with Gasteiger partial charge >= 0.3 is 12.8 Å². The van der Waals surface area contributed by atoms with Crippen molar-refractivity contribution in [2.45, 2.75) is 19.3 Å². The zero-order valence-electron chi connectivity index (χ0n) is 14.0. The molecule has 0 atom stereocenters. The Bertz CT molecular complexity index is 857. The fraction of sp³-hybridized carbons (Fsp3) is 0.235. The number of hydrogen-bond acceptors (Lipinski definition) is 4. The van der Waals surface area contributed by atoms with Gasteiger partial charge in [0, 0.05) is 11.6 Å². The van der Waals surface area contributed by atoms with Gasteiger partial charge < -0.3 is 9.64 Å². The molecule has 0 bridgehead atoms. The van der Waals surface area contributed by atoms with Gasteiger partial charge in [-0.05, 0) is 12.1 Å². The van der Waals surface area contributed by atoms with Gasteiger partial charge in [0.1, 0.15) is 12.3 Å². The molecular weight excluding hydrogens is 391 g/mol. The van der Waals surface area contributed by atoms with Gasteiger partial charge in [-0.2, -0.15) is 22.0 Å². The van der Waals surface area contributed by atoms with E-state index in [0.29, 0.717) is 0 Å². The first-order chi connectivity index (χ1) is 13.1. The first kappa shape index (κ1) is 21.1. The van der Waals surface area contributed by atoms with Crippen LogP contribution in [0.25, 0.3) is 0 Å². The van der Waals surface area contributed by atoms with Crippen molar-refractivity contribution in [1.82, 2.24) is 4.90 Å². The van der Waals surface area contributed by atoms with Gasteiger partial charge in [0.05, 0.1) is 17.0 Å². The van der Waals surface area contributed by atoms with Gasteiger partial charge in [0.25, 0.3) is 11.6 Å². The topological polar surface area (TPSA) is 72.7 Å². The average Bonchev–Trinajstić information content (AvgIpc) is 2.59. The number of nitro groups is 1. The van der Waals surface area contributed by atoms with E-state index in [2.05, 4.69) is 4.74 Å². The van der Waals surface area contributed by atoms with Crippen molar-refractivity contribution >= 4 is 11.6 Å². The molecule has 2 aromatic rings. The minimum atomic E-state index is -4.82. The van der Waals surface area contributed by atoms with Crippen LogP contribution in [0, 0.1) is 10.1 Å². The Balaban J connectivity index is 2.42. The zero-order chi connectivity index (χ0) is 20.9. The molecule has 0 aromatic heterocycles. The molecule has 0 aliphatic carbocycles. The minimum Gasteiger partial charge on any atom is -0.434 e. The van der Waals surface area contributed by atoms with Crippen LogP contribution in [0.2, 0.25) is 0 Å². The predicted octanol–water partition coefficient (Wildman–Crippen LogP) is 4.40. The Kier molecular flexibility index (Phi) is 6.49.